The molecule has 0 aliphatic carbocycles. The van der Waals surface area contributed by atoms with Crippen LogP contribution in [0.4, 0.5) is 0 Å². The third-order valence-electron chi connectivity index (χ3n) is 2.83. The minimum absolute atomic E-state index is 0.00763. The Morgan fingerprint density at radius 2 is 2.16 bits per heavy atom. The van der Waals surface area contributed by atoms with E-state index in [-0.39, 0.29) is 18.6 Å². The summed E-state index contributed by atoms with van der Waals surface area (Å²) in [5.41, 5.74) is 7.83. The first-order chi connectivity index (χ1) is 9.04. The molecule has 0 fully saturated rings. The van der Waals surface area contributed by atoms with E-state index in [2.05, 4.69) is 0 Å². The Kier molecular flexibility index (Phi) is 6.36. The van der Waals surface area contributed by atoms with Crippen molar-refractivity contribution in [3.8, 4) is 5.75 Å². The van der Waals surface area contributed by atoms with E-state index < -0.39 is 0 Å². The minimum atomic E-state index is -0.330. The molecule has 0 spiro atoms. The number of ether oxygens (including phenoxy) is 2. The fourth-order valence-electron chi connectivity index (χ4n) is 1.63. The van der Waals surface area contributed by atoms with Gasteiger partial charge < -0.3 is 15.2 Å². The molecule has 1 aromatic carbocycles. The van der Waals surface area contributed by atoms with Crippen molar-refractivity contribution in [3.63, 3.8) is 0 Å². The molecule has 0 radical (unpaired) electrons. The normalized spacial score (nSPS) is 12.0. The van der Waals surface area contributed by atoms with Gasteiger partial charge in [-0.15, -0.1) is 0 Å². The van der Waals surface area contributed by atoms with Gasteiger partial charge in [-0.05, 0) is 37.5 Å². The van der Waals surface area contributed by atoms with Gasteiger partial charge in [-0.2, -0.15) is 0 Å². The monoisotopic (exact) mass is 265 g/mol. The van der Waals surface area contributed by atoms with Crippen molar-refractivity contribution in [1.29, 1.82) is 0 Å². The van der Waals surface area contributed by atoms with Gasteiger partial charge >= 0.3 is 5.97 Å². The fourth-order valence-corrected chi connectivity index (χ4v) is 1.63. The predicted molar refractivity (Wildman–Crippen MR) is 75.1 cm³/mol. The summed E-state index contributed by atoms with van der Waals surface area (Å²) in [4.78, 5) is 11.4. The Morgan fingerprint density at radius 1 is 1.42 bits per heavy atom. The van der Waals surface area contributed by atoms with Gasteiger partial charge in [-0.25, -0.2) is 4.79 Å². The first-order valence-electron chi connectivity index (χ1n) is 6.69. The van der Waals surface area contributed by atoms with Crippen LogP contribution in [0.25, 0.3) is 0 Å². The molecule has 4 nitrogen and oxygen atoms in total. The van der Waals surface area contributed by atoms with E-state index in [1.165, 1.54) is 0 Å². The summed E-state index contributed by atoms with van der Waals surface area (Å²) in [5, 5.41) is 0. The van der Waals surface area contributed by atoms with Gasteiger partial charge in [0, 0.05) is 6.04 Å². The topological polar surface area (TPSA) is 61.5 Å². The van der Waals surface area contributed by atoms with Crippen molar-refractivity contribution in [2.24, 2.45) is 5.73 Å². The zero-order valence-corrected chi connectivity index (χ0v) is 11.9. The van der Waals surface area contributed by atoms with Crippen molar-refractivity contribution in [1.82, 2.24) is 0 Å². The van der Waals surface area contributed by atoms with Crippen molar-refractivity contribution < 1.29 is 14.3 Å². The van der Waals surface area contributed by atoms with Crippen molar-refractivity contribution in [2.75, 3.05) is 13.2 Å². The Labute approximate surface area is 114 Å². The Bertz CT molecular complexity index is 416. The van der Waals surface area contributed by atoms with Crippen LogP contribution in [0.2, 0.25) is 0 Å². The smallest absolute Gasteiger partial charge is 0.344 e. The molecule has 0 unspecified atom stereocenters. The third kappa shape index (κ3) is 5.30. The van der Waals surface area contributed by atoms with Crippen molar-refractivity contribution in [2.45, 2.75) is 39.7 Å². The van der Waals surface area contributed by atoms with Gasteiger partial charge in [0.05, 0.1) is 6.61 Å². The Hall–Kier alpha value is -1.55. The average molecular weight is 265 g/mol. The molecule has 0 aliphatic heterocycles. The number of hydrogen-bond donors (Lipinski definition) is 1. The number of benzene rings is 1. The molecule has 4 heteroatoms. The van der Waals surface area contributed by atoms with Crippen LogP contribution in [0.15, 0.2) is 18.2 Å². The van der Waals surface area contributed by atoms with E-state index in [0.717, 1.165) is 24.0 Å². The van der Waals surface area contributed by atoms with Gasteiger partial charge in [0.2, 0.25) is 0 Å². The second-order valence-electron chi connectivity index (χ2n) is 4.68. The van der Waals surface area contributed by atoms with E-state index in [4.69, 9.17) is 15.2 Å². The van der Waals surface area contributed by atoms with Crippen LogP contribution in [0.3, 0.4) is 0 Å². The Balaban J connectivity index is 2.47. The van der Waals surface area contributed by atoms with Crippen molar-refractivity contribution >= 4 is 5.97 Å². The lowest BCUT2D eigenvalue weighted by atomic mass is 10.1. The summed E-state index contributed by atoms with van der Waals surface area (Å²) in [5.74, 6) is 0.362. The lowest BCUT2D eigenvalue weighted by Crippen LogP contribution is -2.16. The molecule has 0 saturated carbocycles. The molecular weight excluding hydrogens is 242 g/mol. The second-order valence-corrected chi connectivity index (χ2v) is 4.68. The highest BCUT2D eigenvalue weighted by molar-refractivity contribution is 5.71. The summed E-state index contributed by atoms with van der Waals surface area (Å²) >= 11 is 0. The molecule has 2 N–H and O–H groups in total. The molecule has 106 valence electrons. The van der Waals surface area contributed by atoms with E-state index in [9.17, 15) is 4.79 Å². The summed E-state index contributed by atoms with van der Waals surface area (Å²) in [6.45, 7) is 6.32. The molecule has 0 aromatic heterocycles. The average Bonchev–Trinajstić information content (AvgIpc) is 2.37. The lowest BCUT2D eigenvalue weighted by Gasteiger charge is -2.12. The number of carbonyl (C=O) groups is 1. The standard InChI is InChI=1S/C15H23NO3/c1-4-5-8-18-15(17)10-19-14-7-6-13(12(3)16)9-11(14)2/h6-7,9,12H,4-5,8,10,16H2,1-3H3/t12-/m1/s1. The summed E-state index contributed by atoms with van der Waals surface area (Å²) < 4.78 is 10.5. The van der Waals surface area contributed by atoms with Gasteiger partial charge in [0.15, 0.2) is 6.61 Å². The van der Waals surface area contributed by atoms with E-state index in [1.807, 2.05) is 39.0 Å². The van der Waals surface area contributed by atoms with E-state index >= 15 is 0 Å². The highest BCUT2D eigenvalue weighted by Crippen LogP contribution is 2.21. The zero-order chi connectivity index (χ0) is 14.3. The minimum Gasteiger partial charge on any atom is -0.482 e. The van der Waals surface area contributed by atoms with Crippen molar-refractivity contribution in [3.05, 3.63) is 29.3 Å². The quantitative estimate of drug-likeness (QED) is 0.608. The molecule has 0 aliphatic rings. The summed E-state index contributed by atoms with van der Waals surface area (Å²) in [6, 6.07) is 5.72. The maximum Gasteiger partial charge on any atom is 0.344 e. The molecule has 1 rings (SSSR count). The number of unbranched alkanes of at least 4 members (excludes halogenated alkanes) is 1. The number of carbonyl (C=O) groups excluding carboxylic acids is 1. The molecule has 0 heterocycles. The van der Waals surface area contributed by atoms with Crippen LogP contribution in [-0.4, -0.2) is 19.2 Å². The number of esters is 1. The second kappa shape index (κ2) is 7.79. The van der Waals surface area contributed by atoms with Crippen LogP contribution >= 0.6 is 0 Å². The zero-order valence-electron chi connectivity index (χ0n) is 11.9. The number of aryl methyl sites for hydroxylation is 1. The highest BCUT2D eigenvalue weighted by atomic mass is 16.6. The van der Waals surface area contributed by atoms with Crippen LogP contribution in [-0.2, 0) is 9.53 Å². The van der Waals surface area contributed by atoms with Crippen LogP contribution < -0.4 is 10.5 Å². The van der Waals surface area contributed by atoms with Gasteiger partial charge in [-0.1, -0.05) is 25.5 Å². The third-order valence-corrected chi connectivity index (χ3v) is 2.83. The summed E-state index contributed by atoms with van der Waals surface area (Å²) in [6.07, 6.45) is 1.89. The molecule has 1 atom stereocenters. The van der Waals surface area contributed by atoms with Crippen LogP contribution in [0, 0.1) is 6.92 Å². The van der Waals surface area contributed by atoms with Crippen LogP contribution in [0.5, 0.6) is 5.75 Å². The maximum absolute atomic E-state index is 11.4. The van der Waals surface area contributed by atoms with E-state index in [1.54, 1.807) is 0 Å². The van der Waals surface area contributed by atoms with E-state index in [0.29, 0.717) is 12.4 Å². The maximum atomic E-state index is 11.4. The molecule has 0 bridgehead atoms. The first kappa shape index (κ1) is 15.5. The van der Waals surface area contributed by atoms with Gasteiger partial charge in [0.25, 0.3) is 0 Å². The number of hydrogen-bond acceptors (Lipinski definition) is 4. The molecule has 0 amide bonds. The fraction of sp³-hybridized carbons (Fsp3) is 0.533. The lowest BCUT2D eigenvalue weighted by molar-refractivity contribution is -0.146. The first-order valence-corrected chi connectivity index (χ1v) is 6.69. The molecular formula is C15H23NO3. The van der Waals surface area contributed by atoms with Gasteiger partial charge in [0.1, 0.15) is 5.75 Å². The predicted octanol–water partition coefficient (Wildman–Crippen LogP) is 2.74. The highest BCUT2D eigenvalue weighted by Gasteiger charge is 2.07. The largest absolute Gasteiger partial charge is 0.482 e. The number of rotatable bonds is 7. The molecule has 0 saturated heterocycles. The summed E-state index contributed by atoms with van der Waals surface area (Å²) in [7, 11) is 0. The number of nitrogens with two attached hydrogens (primary N) is 1. The molecule has 1 aromatic rings. The Morgan fingerprint density at radius 3 is 2.74 bits per heavy atom. The van der Waals surface area contributed by atoms with Crippen LogP contribution in [0.1, 0.15) is 43.9 Å². The molecule has 19 heavy (non-hydrogen) atoms. The SMILES string of the molecule is CCCCOC(=O)COc1ccc([C@@H](C)N)cc1C. The van der Waals surface area contributed by atoms with Gasteiger partial charge in [-0.3, -0.25) is 0 Å².